The van der Waals surface area contributed by atoms with Crippen molar-refractivity contribution >= 4 is 5.91 Å². The maximum absolute atomic E-state index is 12.1. The fraction of sp³-hybridized carbons (Fsp3) is 0.421. The predicted molar refractivity (Wildman–Crippen MR) is 92.6 cm³/mol. The summed E-state index contributed by atoms with van der Waals surface area (Å²) in [5.41, 5.74) is 4.19. The third-order valence-electron chi connectivity index (χ3n) is 4.45. The minimum Gasteiger partial charge on any atom is -0.375 e. The molecule has 1 atom stereocenters. The lowest BCUT2D eigenvalue weighted by atomic mass is 9.91. The average molecular weight is 325 g/mol. The van der Waals surface area contributed by atoms with Crippen LogP contribution >= 0.6 is 0 Å². The second kappa shape index (κ2) is 7.53. The first-order chi connectivity index (χ1) is 11.7. The van der Waals surface area contributed by atoms with Gasteiger partial charge in [-0.3, -0.25) is 14.8 Å². The van der Waals surface area contributed by atoms with Gasteiger partial charge in [0.2, 0.25) is 5.91 Å². The zero-order valence-corrected chi connectivity index (χ0v) is 14.2. The second-order valence-corrected chi connectivity index (χ2v) is 6.27. The Morgan fingerprint density at radius 2 is 2.17 bits per heavy atom. The van der Waals surface area contributed by atoms with E-state index < -0.39 is 0 Å². The van der Waals surface area contributed by atoms with Crippen LogP contribution in [-0.2, 0) is 9.53 Å². The van der Waals surface area contributed by atoms with Gasteiger partial charge in [0, 0.05) is 44.1 Å². The molecule has 0 saturated carbocycles. The van der Waals surface area contributed by atoms with Crippen molar-refractivity contribution in [2.45, 2.75) is 25.7 Å². The third-order valence-corrected chi connectivity index (χ3v) is 4.45. The summed E-state index contributed by atoms with van der Waals surface area (Å²) in [6.07, 6.45) is 5.47. The lowest BCUT2D eigenvalue weighted by Crippen LogP contribution is -2.41. The van der Waals surface area contributed by atoms with Crippen LogP contribution in [0.25, 0.3) is 11.3 Å². The van der Waals surface area contributed by atoms with Gasteiger partial charge in [0.05, 0.1) is 11.4 Å². The molecule has 2 heterocycles. The van der Waals surface area contributed by atoms with Gasteiger partial charge in [0.15, 0.2) is 0 Å². The van der Waals surface area contributed by atoms with Gasteiger partial charge in [-0.2, -0.15) is 0 Å². The minimum atomic E-state index is 0.0446. The summed E-state index contributed by atoms with van der Waals surface area (Å²) in [7, 11) is 1.55. The fourth-order valence-electron chi connectivity index (χ4n) is 3.30. The Kier molecular flexibility index (Phi) is 5.20. The predicted octanol–water partition coefficient (Wildman–Crippen LogP) is 2.80. The quantitative estimate of drug-likeness (QED) is 0.867. The molecule has 1 aliphatic rings. The van der Waals surface area contributed by atoms with Crippen LogP contribution in [0.3, 0.4) is 0 Å². The average Bonchev–Trinajstić information content (AvgIpc) is 2.62. The zero-order chi connectivity index (χ0) is 16.9. The molecule has 1 saturated heterocycles. The van der Waals surface area contributed by atoms with Crippen molar-refractivity contribution in [2.24, 2.45) is 0 Å². The number of likely N-dealkylation sites (tertiary alicyclic amines) is 1. The van der Waals surface area contributed by atoms with Gasteiger partial charge in [0.1, 0.15) is 6.61 Å². The van der Waals surface area contributed by atoms with Crippen LogP contribution in [-0.4, -0.2) is 47.6 Å². The molecule has 2 aromatic rings. The number of rotatable bonds is 4. The van der Waals surface area contributed by atoms with Crippen molar-refractivity contribution in [3.63, 3.8) is 0 Å². The van der Waals surface area contributed by atoms with E-state index in [1.165, 1.54) is 5.56 Å². The van der Waals surface area contributed by atoms with Gasteiger partial charge in [0.25, 0.3) is 0 Å². The maximum atomic E-state index is 12.1. The molecule has 1 aliphatic heterocycles. The topological polar surface area (TPSA) is 55.3 Å². The molecule has 0 aliphatic carbocycles. The van der Waals surface area contributed by atoms with Gasteiger partial charge in [-0.1, -0.05) is 23.8 Å². The number of nitrogens with zero attached hydrogens (tertiary/aromatic N) is 3. The zero-order valence-electron chi connectivity index (χ0n) is 14.2. The van der Waals surface area contributed by atoms with Crippen molar-refractivity contribution in [3.05, 3.63) is 47.9 Å². The minimum absolute atomic E-state index is 0.0446. The van der Waals surface area contributed by atoms with Crippen LogP contribution in [0.15, 0.2) is 36.7 Å². The molecule has 0 bridgehead atoms. The maximum Gasteiger partial charge on any atom is 0.248 e. The highest BCUT2D eigenvalue weighted by atomic mass is 16.5. The van der Waals surface area contributed by atoms with E-state index in [9.17, 15) is 4.79 Å². The van der Waals surface area contributed by atoms with Crippen LogP contribution in [0.2, 0.25) is 0 Å². The lowest BCUT2D eigenvalue weighted by molar-refractivity contribution is -0.136. The number of piperidine rings is 1. The van der Waals surface area contributed by atoms with Crippen molar-refractivity contribution < 1.29 is 9.53 Å². The van der Waals surface area contributed by atoms with Gasteiger partial charge in [-0.25, -0.2) is 0 Å². The highest BCUT2D eigenvalue weighted by Gasteiger charge is 2.27. The normalized spacial score (nSPS) is 17.8. The molecule has 5 nitrogen and oxygen atoms in total. The Hall–Kier alpha value is -2.27. The highest BCUT2D eigenvalue weighted by molar-refractivity contribution is 5.77. The van der Waals surface area contributed by atoms with E-state index in [1.807, 2.05) is 11.0 Å². The number of carbonyl (C=O) groups excluding carboxylic acids is 1. The van der Waals surface area contributed by atoms with E-state index in [2.05, 4.69) is 35.1 Å². The monoisotopic (exact) mass is 325 g/mol. The number of hydrogen-bond acceptors (Lipinski definition) is 4. The fourth-order valence-corrected chi connectivity index (χ4v) is 3.30. The summed E-state index contributed by atoms with van der Waals surface area (Å²) in [6.45, 7) is 3.68. The van der Waals surface area contributed by atoms with Crippen LogP contribution < -0.4 is 0 Å². The molecule has 3 rings (SSSR count). The lowest BCUT2D eigenvalue weighted by Gasteiger charge is -2.33. The number of ether oxygens (including phenoxy) is 1. The van der Waals surface area contributed by atoms with Crippen LogP contribution in [0.5, 0.6) is 0 Å². The summed E-state index contributed by atoms with van der Waals surface area (Å²) in [4.78, 5) is 23.2. The number of benzene rings is 1. The number of aryl methyl sites for hydroxylation is 1. The van der Waals surface area contributed by atoms with E-state index >= 15 is 0 Å². The molecule has 24 heavy (non-hydrogen) atoms. The van der Waals surface area contributed by atoms with Crippen molar-refractivity contribution in [3.8, 4) is 11.3 Å². The molecule has 126 valence electrons. The largest absolute Gasteiger partial charge is 0.375 e. The summed E-state index contributed by atoms with van der Waals surface area (Å²) in [5, 5.41) is 0. The molecular weight excluding hydrogens is 302 g/mol. The SMILES string of the molecule is COCC(=O)N1CCC[C@H](c2nccnc2-c2cccc(C)c2)C1. The first-order valence-corrected chi connectivity index (χ1v) is 8.33. The van der Waals surface area contributed by atoms with Gasteiger partial charge in [-0.05, 0) is 25.8 Å². The Labute approximate surface area is 142 Å². The van der Waals surface area contributed by atoms with Gasteiger partial charge in [-0.15, -0.1) is 0 Å². The molecule has 0 N–H and O–H groups in total. The molecule has 1 aromatic carbocycles. The molecular formula is C19H23N3O2. The molecule has 0 radical (unpaired) electrons. The van der Waals surface area contributed by atoms with E-state index in [-0.39, 0.29) is 18.4 Å². The molecule has 1 amide bonds. The van der Waals surface area contributed by atoms with Gasteiger partial charge < -0.3 is 9.64 Å². The summed E-state index contributed by atoms with van der Waals surface area (Å²) >= 11 is 0. The van der Waals surface area contributed by atoms with Crippen LogP contribution in [0.1, 0.15) is 30.0 Å². The molecule has 1 fully saturated rings. The number of aromatic nitrogens is 2. The summed E-state index contributed by atoms with van der Waals surface area (Å²) in [5.74, 6) is 0.256. The number of amides is 1. The molecule has 5 heteroatoms. The summed E-state index contributed by atoms with van der Waals surface area (Å²) in [6, 6.07) is 8.31. The van der Waals surface area contributed by atoms with E-state index in [0.717, 1.165) is 36.3 Å². The summed E-state index contributed by atoms with van der Waals surface area (Å²) < 4.78 is 4.98. The Balaban J connectivity index is 1.88. The van der Waals surface area contributed by atoms with Crippen LogP contribution in [0, 0.1) is 6.92 Å². The smallest absolute Gasteiger partial charge is 0.248 e. The third kappa shape index (κ3) is 3.62. The molecule has 0 unspecified atom stereocenters. The molecule has 1 aromatic heterocycles. The Morgan fingerprint density at radius 1 is 1.33 bits per heavy atom. The molecule has 0 spiro atoms. The first kappa shape index (κ1) is 16.6. The Bertz CT molecular complexity index is 717. The van der Waals surface area contributed by atoms with Crippen molar-refractivity contribution in [1.82, 2.24) is 14.9 Å². The number of methoxy groups -OCH3 is 1. The van der Waals surface area contributed by atoms with Crippen LogP contribution in [0.4, 0.5) is 0 Å². The highest BCUT2D eigenvalue weighted by Crippen LogP contribution is 2.32. The second-order valence-electron chi connectivity index (χ2n) is 6.27. The van der Waals surface area contributed by atoms with E-state index in [0.29, 0.717) is 6.54 Å². The number of carbonyl (C=O) groups is 1. The first-order valence-electron chi connectivity index (χ1n) is 8.33. The Morgan fingerprint density at radius 3 is 2.96 bits per heavy atom. The van der Waals surface area contributed by atoms with Crippen molar-refractivity contribution in [1.29, 1.82) is 0 Å². The van der Waals surface area contributed by atoms with E-state index in [4.69, 9.17) is 4.74 Å². The standard InChI is InChI=1S/C19H23N3O2/c1-14-5-3-6-15(11-14)18-19(21-9-8-20-18)16-7-4-10-22(12-16)17(23)13-24-2/h3,5-6,8-9,11,16H,4,7,10,12-13H2,1-2H3/t16-/m0/s1. The number of hydrogen-bond donors (Lipinski definition) is 0. The van der Waals surface area contributed by atoms with E-state index in [1.54, 1.807) is 19.5 Å². The van der Waals surface area contributed by atoms with Gasteiger partial charge >= 0.3 is 0 Å². The van der Waals surface area contributed by atoms with Crippen molar-refractivity contribution in [2.75, 3.05) is 26.8 Å².